The highest BCUT2D eigenvalue weighted by Crippen LogP contribution is 2.31. The molecule has 0 saturated carbocycles. The Morgan fingerprint density at radius 2 is 2.26 bits per heavy atom. The van der Waals surface area contributed by atoms with Crippen molar-refractivity contribution in [1.29, 1.82) is 0 Å². The molecule has 0 bridgehead atoms. The van der Waals surface area contributed by atoms with Gasteiger partial charge in [-0.3, -0.25) is 9.89 Å². The minimum Gasteiger partial charge on any atom is -0.363 e. The highest BCUT2D eigenvalue weighted by atomic mass is 16.2. The molecule has 1 saturated heterocycles. The second kappa shape index (κ2) is 5.68. The molecule has 1 aliphatic heterocycles. The first-order valence-corrected chi connectivity index (χ1v) is 8.24. The first kappa shape index (κ1) is 14.2. The Labute approximate surface area is 135 Å². The molecule has 120 valence electrons. The van der Waals surface area contributed by atoms with Gasteiger partial charge in [-0.15, -0.1) is 0 Å². The first-order valence-electron chi connectivity index (χ1n) is 8.24. The molecule has 1 aliphatic carbocycles. The largest absolute Gasteiger partial charge is 0.363 e. The molecule has 6 nitrogen and oxygen atoms in total. The zero-order valence-electron chi connectivity index (χ0n) is 13.2. The highest BCUT2D eigenvalue weighted by molar-refractivity contribution is 5.94. The van der Waals surface area contributed by atoms with Gasteiger partial charge in [-0.05, 0) is 37.3 Å². The molecule has 0 aromatic carbocycles. The number of nitrogens with one attached hydrogen (secondary N) is 2. The number of carbonyl (C=O) groups is 1. The molecular formula is C17H21N5O. The standard InChI is InChI=1S/C17H21N5O/c1-11-6-7-22(10-11)17(23)12-2-5-16(18-8-12)20-14-3-4-15-13(14)9-19-21-15/h2,5,8-9,11,14H,3-4,6-7,10H2,1H3,(H,18,20)(H,19,21)/t11-,14?/m0/s1. The Balaban J connectivity index is 1.43. The van der Waals surface area contributed by atoms with Crippen molar-refractivity contribution in [2.75, 3.05) is 18.4 Å². The van der Waals surface area contributed by atoms with E-state index in [9.17, 15) is 4.79 Å². The lowest BCUT2D eigenvalue weighted by atomic mass is 10.2. The van der Waals surface area contributed by atoms with Gasteiger partial charge in [0.15, 0.2) is 0 Å². The Bertz CT molecular complexity index is 708. The van der Waals surface area contributed by atoms with Crippen molar-refractivity contribution < 1.29 is 4.79 Å². The topological polar surface area (TPSA) is 73.9 Å². The Morgan fingerprint density at radius 3 is 3.00 bits per heavy atom. The van der Waals surface area contributed by atoms with Gasteiger partial charge in [0, 0.05) is 30.5 Å². The van der Waals surface area contributed by atoms with Crippen LogP contribution in [0.2, 0.25) is 0 Å². The van der Waals surface area contributed by atoms with E-state index in [1.54, 1.807) is 6.20 Å². The normalized spacial score (nSPS) is 23.1. The van der Waals surface area contributed by atoms with Crippen LogP contribution in [0.3, 0.4) is 0 Å². The summed E-state index contributed by atoms with van der Waals surface area (Å²) in [6, 6.07) is 4.01. The van der Waals surface area contributed by atoms with Crippen molar-refractivity contribution in [1.82, 2.24) is 20.1 Å². The molecule has 2 aromatic heterocycles. The van der Waals surface area contributed by atoms with Gasteiger partial charge in [0.1, 0.15) is 5.82 Å². The third-order valence-electron chi connectivity index (χ3n) is 4.85. The number of H-pyrrole nitrogens is 1. The maximum atomic E-state index is 12.4. The number of pyridine rings is 1. The lowest BCUT2D eigenvalue weighted by Gasteiger charge is -2.17. The summed E-state index contributed by atoms with van der Waals surface area (Å²) < 4.78 is 0. The average molecular weight is 311 g/mol. The number of hydrogen-bond acceptors (Lipinski definition) is 4. The van der Waals surface area contributed by atoms with Crippen molar-refractivity contribution in [2.45, 2.75) is 32.2 Å². The second-order valence-corrected chi connectivity index (χ2v) is 6.62. The summed E-state index contributed by atoms with van der Waals surface area (Å²) in [6.07, 6.45) is 6.70. The van der Waals surface area contributed by atoms with Crippen molar-refractivity contribution in [3.63, 3.8) is 0 Å². The molecule has 2 N–H and O–H groups in total. The molecule has 3 heterocycles. The predicted molar refractivity (Wildman–Crippen MR) is 87.2 cm³/mol. The molecule has 2 aromatic rings. The fourth-order valence-electron chi connectivity index (χ4n) is 3.50. The van der Waals surface area contributed by atoms with E-state index >= 15 is 0 Å². The fraction of sp³-hybridized carbons (Fsp3) is 0.471. The number of hydrogen-bond donors (Lipinski definition) is 2. The van der Waals surface area contributed by atoms with E-state index in [2.05, 4.69) is 27.4 Å². The van der Waals surface area contributed by atoms with Gasteiger partial charge in [0.05, 0.1) is 17.8 Å². The zero-order valence-corrected chi connectivity index (χ0v) is 13.2. The maximum Gasteiger partial charge on any atom is 0.255 e. The van der Waals surface area contributed by atoms with Gasteiger partial charge in [0.25, 0.3) is 5.91 Å². The monoisotopic (exact) mass is 311 g/mol. The SMILES string of the molecule is C[C@H]1CCN(C(=O)c2ccc(NC3CCc4[nH]ncc43)nc2)C1. The molecule has 0 radical (unpaired) electrons. The van der Waals surface area contributed by atoms with E-state index in [0.29, 0.717) is 11.5 Å². The van der Waals surface area contributed by atoms with Crippen LogP contribution in [-0.2, 0) is 6.42 Å². The van der Waals surface area contributed by atoms with Gasteiger partial charge in [-0.25, -0.2) is 4.98 Å². The van der Waals surface area contributed by atoms with Gasteiger partial charge in [-0.1, -0.05) is 6.92 Å². The van der Waals surface area contributed by atoms with Gasteiger partial charge in [0.2, 0.25) is 0 Å². The molecule has 6 heteroatoms. The number of rotatable bonds is 3. The van der Waals surface area contributed by atoms with Crippen LogP contribution in [0.1, 0.15) is 47.4 Å². The average Bonchev–Trinajstić information content (AvgIpc) is 3.26. The number of carbonyl (C=O) groups excluding carboxylic acids is 1. The quantitative estimate of drug-likeness (QED) is 0.913. The van der Waals surface area contributed by atoms with Crippen molar-refractivity contribution in [3.8, 4) is 0 Å². The summed E-state index contributed by atoms with van der Waals surface area (Å²) >= 11 is 0. The molecule has 4 rings (SSSR count). The molecule has 1 fully saturated rings. The van der Waals surface area contributed by atoms with Crippen LogP contribution in [0, 0.1) is 5.92 Å². The lowest BCUT2D eigenvalue weighted by molar-refractivity contribution is 0.0787. The van der Waals surface area contributed by atoms with Crippen molar-refractivity contribution >= 4 is 11.7 Å². The third-order valence-corrected chi connectivity index (χ3v) is 4.85. The Morgan fingerprint density at radius 1 is 1.35 bits per heavy atom. The van der Waals surface area contributed by atoms with Crippen LogP contribution in [0.25, 0.3) is 0 Å². The smallest absolute Gasteiger partial charge is 0.255 e. The number of nitrogens with zero attached hydrogens (tertiary/aromatic N) is 3. The third kappa shape index (κ3) is 2.69. The number of aromatic nitrogens is 3. The maximum absolute atomic E-state index is 12.4. The summed E-state index contributed by atoms with van der Waals surface area (Å²) in [7, 11) is 0. The Hall–Kier alpha value is -2.37. The van der Waals surface area contributed by atoms with E-state index in [1.807, 2.05) is 23.2 Å². The summed E-state index contributed by atoms with van der Waals surface area (Å²) in [4.78, 5) is 18.8. The molecule has 23 heavy (non-hydrogen) atoms. The van der Waals surface area contributed by atoms with Gasteiger partial charge < -0.3 is 10.2 Å². The summed E-state index contributed by atoms with van der Waals surface area (Å²) in [5, 5.41) is 10.5. The number of aromatic amines is 1. The predicted octanol–water partition coefficient (Wildman–Crippen LogP) is 2.39. The van der Waals surface area contributed by atoms with E-state index in [4.69, 9.17) is 0 Å². The van der Waals surface area contributed by atoms with Crippen LogP contribution < -0.4 is 5.32 Å². The van der Waals surface area contributed by atoms with Crippen LogP contribution in [0.5, 0.6) is 0 Å². The zero-order chi connectivity index (χ0) is 15.8. The van der Waals surface area contributed by atoms with Crippen molar-refractivity contribution in [3.05, 3.63) is 41.3 Å². The van der Waals surface area contributed by atoms with E-state index in [1.165, 1.54) is 11.3 Å². The fourth-order valence-corrected chi connectivity index (χ4v) is 3.50. The van der Waals surface area contributed by atoms with Gasteiger partial charge >= 0.3 is 0 Å². The Kier molecular flexibility index (Phi) is 3.52. The van der Waals surface area contributed by atoms with Crippen LogP contribution >= 0.6 is 0 Å². The van der Waals surface area contributed by atoms with E-state index < -0.39 is 0 Å². The second-order valence-electron chi connectivity index (χ2n) is 6.62. The van der Waals surface area contributed by atoms with Gasteiger partial charge in [-0.2, -0.15) is 5.10 Å². The summed E-state index contributed by atoms with van der Waals surface area (Å²) in [5.41, 5.74) is 3.09. The molecule has 0 spiro atoms. The number of fused-ring (bicyclic) bond motifs is 1. The molecule has 1 amide bonds. The molecule has 2 atom stereocenters. The molecule has 2 aliphatic rings. The number of aryl methyl sites for hydroxylation is 1. The number of anilines is 1. The highest BCUT2D eigenvalue weighted by Gasteiger charge is 2.26. The van der Waals surface area contributed by atoms with E-state index in [-0.39, 0.29) is 11.9 Å². The van der Waals surface area contributed by atoms with Crippen molar-refractivity contribution in [2.24, 2.45) is 5.92 Å². The van der Waals surface area contributed by atoms with Crippen LogP contribution in [-0.4, -0.2) is 39.1 Å². The van der Waals surface area contributed by atoms with Crippen LogP contribution in [0.15, 0.2) is 24.5 Å². The lowest BCUT2D eigenvalue weighted by Crippen LogP contribution is -2.28. The molecular weight excluding hydrogens is 290 g/mol. The number of amides is 1. The van der Waals surface area contributed by atoms with E-state index in [0.717, 1.165) is 38.2 Å². The number of likely N-dealkylation sites (tertiary alicyclic amines) is 1. The minimum absolute atomic E-state index is 0.0892. The summed E-state index contributed by atoms with van der Waals surface area (Å²) in [5.74, 6) is 1.49. The first-order chi connectivity index (χ1) is 11.2. The summed E-state index contributed by atoms with van der Waals surface area (Å²) in [6.45, 7) is 3.89. The molecule has 1 unspecified atom stereocenters. The minimum atomic E-state index is 0.0892. The van der Waals surface area contributed by atoms with Crippen LogP contribution in [0.4, 0.5) is 5.82 Å².